The zero-order chi connectivity index (χ0) is 7.98. The second-order valence-electron chi connectivity index (χ2n) is 3.15. The largest absolute Gasteiger partial charge is 0.154 e. The standard InChI is InChI=1S/C9H19S/c1-5-6-10-9(4)7-8(2)3/h6,8-9H,5,7H2,1-4H3. The highest BCUT2D eigenvalue weighted by molar-refractivity contribution is 8.01. The first-order chi connectivity index (χ1) is 4.66. The van der Waals surface area contributed by atoms with Crippen LogP contribution in [-0.4, -0.2) is 5.25 Å². The zero-order valence-corrected chi connectivity index (χ0v) is 8.37. The lowest BCUT2D eigenvalue weighted by atomic mass is 10.1. The van der Waals surface area contributed by atoms with Crippen molar-refractivity contribution < 1.29 is 0 Å². The molecule has 1 heteroatoms. The van der Waals surface area contributed by atoms with Crippen molar-refractivity contribution in [1.82, 2.24) is 0 Å². The van der Waals surface area contributed by atoms with Gasteiger partial charge in [0.2, 0.25) is 0 Å². The maximum absolute atomic E-state index is 2.30. The highest BCUT2D eigenvalue weighted by Crippen LogP contribution is 2.21. The van der Waals surface area contributed by atoms with Crippen LogP contribution in [0.2, 0.25) is 0 Å². The summed E-state index contributed by atoms with van der Waals surface area (Å²) in [5.41, 5.74) is 0. The minimum absolute atomic E-state index is 0.806. The van der Waals surface area contributed by atoms with Crippen LogP contribution in [0.5, 0.6) is 0 Å². The first kappa shape index (κ1) is 10.3. The molecule has 0 N–H and O–H groups in total. The van der Waals surface area contributed by atoms with E-state index in [2.05, 4.69) is 33.4 Å². The van der Waals surface area contributed by atoms with E-state index in [1.54, 1.807) is 0 Å². The van der Waals surface area contributed by atoms with E-state index < -0.39 is 0 Å². The molecule has 61 valence electrons. The number of hydrogen-bond donors (Lipinski definition) is 0. The molecule has 0 bridgehead atoms. The molecule has 1 unspecified atom stereocenters. The van der Waals surface area contributed by atoms with Gasteiger partial charge in [-0.2, -0.15) is 11.8 Å². The molecule has 0 amide bonds. The van der Waals surface area contributed by atoms with Crippen molar-refractivity contribution in [2.24, 2.45) is 5.92 Å². The predicted octanol–water partition coefficient (Wildman–Crippen LogP) is 3.73. The Balaban J connectivity index is 3.16. The van der Waals surface area contributed by atoms with Gasteiger partial charge in [0.15, 0.2) is 0 Å². The van der Waals surface area contributed by atoms with E-state index in [1.165, 1.54) is 12.8 Å². The molecule has 0 saturated carbocycles. The molecule has 1 radical (unpaired) electrons. The van der Waals surface area contributed by atoms with Gasteiger partial charge in [0, 0.05) is 11.0 Å². The Morgan fingerprint density at radius 2 is 1.90 bits per heavy atom. The van der Waals surface area contributed by atoms with E-state index >= 15 is 0 Å². The molecule has 0 saturated heterocycles. The summed E-state index contributed by atoms with van der Waals surface area (Å²) in [6.07, 6.45) is 2.52. The maximum Gasteiger partial charge on any atom is 0.0166 e. The van der Waals surface area contributed by atoms with Crippen molar-refractivity contribution in [3.63, 3.8) is 0 Å². The molecular formula is C9H19S. The second kappa shape index (κ2) is 6.09. The Labute approximate surface area is 69.8 Å². The van der Waals surface area contributed by atoms with Crippen molar-refractivity contribution >= 4 is 11.8 Å². The van der Waals surface area contributed by atoms with Gasteiger partial charge in [-0.1, -0.05) is 27.7 Å². The van der Waals surface area contributed by atoms with Crippen LogP contribution < -0.4 is 0 Å². The van der Waals surface area contributed by atoms with Gasteiger partial charge in [-0.05, 0) is 18.8 Å². The molecule has 0 aromatic carbocycles. The SMILES string of the molecule is CC[CH]SC(C)CC(C)C. The van der Waals surface area contributed by atoms with Gasteiger partial charge in [0.25, 0.3) is 0 Å². The van der Waals surface area contributed by atoms with E-state index in [1.807, 2.05) is 11.8 Å². The third-order valence-corrected chi connectivity index (χ3v) is 2.48. The topological polar surface area (TPSA) is 0 Å². The Bertz CT molecular complexity index is 69.1. The van der Waals surface area contributed by atoms with Crippen LogP contribution in [0, 0.1) is 11.7 Å². The van der Waals surface area contributed by atoms with Gasteiger partial charge in [0.05, 0.1) is 0 Å². The van der Waals surface area contributed by atoms with Crippen LogP contribution in [0.3, 0.4) is 0 Å². The van der Waals surface area contributed by atoms with E-state index in [9.17, 15) is 0 Å². The number of hydrogen-bond acceptors (Lipinski definition) is 1. The van der Waals surface area contributed by atoms with Crippen LogP contribution >= 0.6 is 11.8 Å². The molecule has 0 rings (SSSR count). The molecule has 0 fully saturated rings. The average molecular weight is 159 g/mol. The van der Waals surface area contributed by atoms with E-state index in [0.29, 0.717) is 0 Å². The molecule has 0 aromatic rings. The smallest absolute Gasteiger partial charge is 0.0166 e. The summed E-state index contributed by atoms with van der Waals surface area (Å²) in [7, 11) is 0. The summed E-state index contributed by atoms with van der Waals surface area (Å²) < 4.78 is 0. The Morgan fingerprint density at radius 1 is 1.30 bits per heavy atom. The van der Waals surface area contributed by atoms with E-state index in [4.69, 9.17) is 0 Å². The lowest BCUT2D eigenvalue weighted by Crippen LogP contribution is -2.00. The minimum atomic E-state index is 0.806. The highest BCUT2D eigenvalue weighted by Gasteiger charge is 2.03. The lowest BCUT2D eigenvalue weighted by Gasteiger charge is -2.11. The number of thioether (sulfide) groups is 1. The Hall–Kier alpha value is 0.350. The van der Waals surface area contributed by atoms with Crippen molar-refractivity contribution in [2.75, 3.05) is 0 Å². The molecule has 0 aliphatic carbocycles. The summed E-state index contributed by atoms with van der Waals surface area (Å²) in [4.78, 5) is 0. The molecule has 0 aliphatic heterocycles. The fourth-order valence-corrected chi connectivity index (χ4v) is 2.00. The van der Waals surface area contributed by atoms with Gasteiger partial charge in [-0.25, -0.2) is 0 Å². The average Bonchev–Trinajstić information content (AvgIpc) is 1.82. The van der Waals surface area contributed by atoms with Gasteiger partial charge >= 0.3 is 0 Å². The fourth-order valence-electron chi connectivity index (χ4n) is 0.980. The van der Waals surface area contributed by atoms with Crippen LogP contribution in [0.25, 0.3) is 0 Å². The quantitative estimate of drug-likeness (QED) is 0.589. The molecular weight excluding hydrogens is 140 g/mol. The van der Waals surface area contributed by atoms with Crippen molar-refractivity contribution in [3.8, 4) is 0 Å². The second-order valence-corrected chi connectivity index (χ2v) is 4.56. The molecule has 0 nitrogen and oxygen atoms in total. The summed E-state index contributed by atoms with van der Waals surface area (Å²) >= 11 is 1.98. The van der Waals surface area contributed by atoms with Gasteiger partial charge in [0.1, 0.15) is 0 Å². The molecule has 0 aromatic heterocycles. The van der Waals surface area contributed by atoms with Crippen molar-refractivity contribution in [2.45, 2.75) is 45.8 Å². The highest BCUT2D eigenvalue weighted by atomic mass is 32.2. The van der Waals surface area contributed by atoms with Crippen LogP contribution in [0.15, 0.2) is 0 Å². The first-order valence-corrected chi connectivity index (χ1v) is 5.08. The number of rotatable bonds is 5. The summed E-state index contributed by atoms with van der Waals surface area (Å²) in [6, 6.07) is 0. The van der Waals surface area contributed by atoms with Crippen molar-refractivity contribution in [3.05, 3.63) is 5.75 Å². The Morgan fingerprint density at radius 3 is 2.30 bits per heavy atom. The van der Waals surface area contributed by atoms with Crippen molar-refractivity contribution in [1.29, 1.82) is 0 Å². The van der Waals surface area contributed by atoms with E-state index in [0.717, 1.165) is 11.2 Å². The summed E-state index contributed by atoms with van der Waals surface area (Å²) in [5, 5.41) is 0.806. The Kier molecular flexibility index (Phi) is 6.30. The summed E-state index contributed by atoms with van der Waals surface area (Å²) in [6.45, 7) is 9.05. The fraction of sp³-hybridized carbons (Fsp3) is 0.889. The maximum atomic E-state index is 2.30. The lowest BCUT2D eigenvalue weighted by molar-refractivity contribution is 0.585. The monoisotopic (exact) mass is 159 g/mol. The van der Waals surface area contributed by atoms with Gasteiger partial charge in [-0.15, -0.1) is 0 Å². The first-order valence-electron chi connectivity index (χ1n) is 4.14. The molecule has 0 heterocycles. The van der Waals surface area contributed by atoms with E-state index in [-0.39, 0.29) is 0 Å². The van der Waals surface area contributed by atoms with Crippen LogP contribution in [0.4, 0.5) is 0 Å². The van der Waals surface area contributed by atoms with Crippen LogP contribution in [-0.2, 0) is 0 Å². The normalized spacial score (nSPS) is 14.1. The van der Waals surface area contributed by atoms with Crippen LogP contribution in [0.1, 0.15) is 40.5 Å². The molecule has 0 spiro atoms. The molecule has 1 atom stereocenters. The van der Waals surface area contributed by atoms with Gasteiger partial charge in [-0.3, -0.25) is 0 Å². The molecule has 0 aliphatic rings. The minimum Gasteiger partial charge on any atom is -0.154 e. The zero-order valence-electron chi connectivity index (χ0n) is 7.55. The third kappa shape index (κ3) is 6.47. The summed E-state index contributed by atoms with van der Waals surface area (Å²) in [5.74, 6) is 3.14. The predicted molar refractivity (Wildman–Crippen MR) is 51.1 cm³/mol. The van der Waals surface area contributed by atoms with Gasteiger partial charge < -0.3 is 0 Å². The third-order valence-electron chi connectivity index (χ3n) is 1.30. The molecule has 10 heavy (non-hydrogen) atoms.